The van der Waals surface area contributed by atoms with Crippen LogP contribution in [0.25, 0.3) is 0 Å². The van der Waals surface area contributed by atoms with Gasteiger partial charge in [-0.2, -0.15) is 4.31 Å². The van der Waals surface area contributed by atoms with Gasteiger partial charge >= 0.3 is 0 Å². The van der Waals surface area contributed by atoms with Gasteiger partial charge in [-0.15, -0.1) is 0 Å². The van der Waals surface area contributed by atoms with Crippen molar-refractivity contribution in [1.82, 2.24) is 4.31 Å². The third-order valence-corrected chi connectivity index (χ3v) is 5.11. The van der Waals surface area contributed by atoms with Gasteiger partial charge in [0.15, 0.2) is 0 Å². The molecule has 0 aromatic heterocycles. The molecule has 0 radical (unpaired) electrons. The molecule has 1 saturated heterocycles. The lowest BCUT2D eigenvalue weighted by molar-refractivity contribution is -0.00277. The van der Waals surface area contributed by atoms with Crippen LogP contribution in [0.2, 0.25) is 0 Å². The highest BCUT2D eigenvalue weighted by molar-refractivity contribution is 7.89. The lowest BCUT2D eigenvalue weighted by Crippen LogP contribution is -2.45. The Hall–Kier alpha value is -1.11. The van der Waals surface area contributed by atoms with Crippen LogP contribution >= 0.6 is 0 Å². The van der Waals surface area contributed by atoms with Gasteiger partial charge in [0.05, 0.1) is 17.6 Å². The minimum atomic E-state index is -3.48. The van der Waals surface area contributed by atoms with Gasteiger partial charge in [0.1, 0.15) is 0 Å². The molecule has 2 rings (SSSR count). The van der Waals surface area contributed by atoms with Crippen LogP contribution in [-0.4, -0.2) is 38.5 Å². The van der Waals surface area contributed by atoms with Gasteiger partial charge in [-0.05, 0) is 37.1 Å². The number of hydrogen-bond acceptors (Lipinski definition) is 4. The first-order valence-electron chi connectivity index (χ1n) is 6.42. The van der Waals surface area contributed by atoms with Gasteiger partial charge in [0, 0.05) is 18.8 Å². The minimum Gasteiger partial charge on any atom is -0.399 e. The third kappa shape index (κ3) is 3.08. The molecule has 0 aliphatic carbocycles. The van der Waals surface area contributed by atoms with Crippen molar-refractivity contribution in [2.75, 3.05) is 25.4 Å². The van der Waals surface area contributed by atoms with Crippen molar-refractivity contribution in [3.05, 3.63) is 23.8 Å². The summed E-state index contributed by atoms with van der Waals surface area (Å²) in [7, 11) is -3.48. The Morgan fingerprint density at radius 2 is 2.16 bits per heavy atom. The fourth-order valence-electron chi connectivity index (χ4n) is 2.23. The minimum absolute atomic E-state index is 0.0225. The molecular formula is C13H20N2O3S. The second-order valence-corrected chi connectivity index (χ2v) is 6.78. The maximum Gasteiger partial charge on any atom is 0.243 e. The monoisotopic (exact) mass is 284 g/mol. The van der Waals surface area contributed by atoms with Crippen molar-refractivity contribution in [2.45, 2.75) is 31.3 Å². The lowest BCUT2D eigenvalue weighted by Gasteiger charge is -2.31. The number of hydrogen-bond donors (Lipinski definition) is 1. The molecule has 1 atom stereocenters. The summed E-state index contributed by atoms with van der Waals surface area (Å²) in [5, 5.41) is 0. The molecule has 0 spiro atoms. The summed E-state index contributed by atoms with van der Waals surface area (Å²) in [5.41, 5.74) is 7.05. The summed E-state index contributed by atoms with van der Waals surface area (Å²) in [6, 6.07) is 4.92. The van der Waals surface area contributed by atoms with E-state index in [1.54, 1.807) is 12.1 Å². The maximum atomic E-state index is 12.6. The van der Waals surface area contributed by atoms with E-state index >= 15 is 0 Å². The van der Waals surface area contributed by atoms with Crippen LogP contribution in [0.5, 0.6) is 0 Å². The van der Waals surface area contributed by atoms with Crippen molar-refractivity contribution in [3.63, 3.8) is 0 Å². The van der Waals surface area contributed by atoms with E-state index in [0.29, 0.717) is 25.4 Å². The number of nitrogen functional groups attached to an aromatic ring is 1. The van der Waals surface area contributed by atoms with E-state index in [9.17, 15) is 8.42 Å². The summed E-state index contributed by atoms with van der Waals surface area (Å²) < 4.78 is 32.1. The van der Waals surface area contributed by atoms with Crippen LogP contribution in [0.4, 0.5) is 5.69 Å². The predicted molar refractivity (Wildman–Crippen MR) is 74.4 cm³/mol. The number of aryl methyl sites for hydroxylation is 1. The second kappa shape index (κ2) is 5.48. The Bertz CT molecular complexity index is 537. The first kappa shape index (κ1) is 14.3. The van der Waals surface area contributed by atoms with E-state index in [2.05, 4.69) is 0 Å². The summed E-state index contributed by atoms with van der Waals surface area (Å²) >= 11 is 0. The molecule has 5 nitrogen and oxygen atoms in total. The van der Waals surface area contributed by atoms with E-state index in [-0.39, 0.29) is 11.0 Å². The van der Waals surface area contributed by atoms with Crippen molar-refractivity contribution < 1.29 is 13.2 Å². The molecule has 0 amide bonds. The van der Waals surface area contributed by atoms with Gasteiger partial charge in [0.2, 0.25) is 10.0 Å². The molecule has 0 saturated carbocycles. The first-order valence-corrected chi connectivity index (χ1v) is 7.86. The summed E-state index contributed by atoms with van der Waals surface area (Å²) in [5.74, 6) is 0. The van der Waals surface area contributed by atoms with Gasteiger partial charge < -0.3 is 10.5 Å². The van der Waals surface area contributed by atoms with E-state index < -0.39 is 10.0 Å². The van der Waals surface area contributed by atoms with Crippen molar-refractivity contribution >= 4 is 15.7 Å². The molecule has 1 heterocycles. The number of ether oxygens (including phenoxy) is 1. The molecule has 1 aromatic carbocycles. The van der Waals surface area contributed by atoms with Crippen LogP contribution in [0.15, 0.2) is 23.1 Å². The topological polar surface area (TPSA) is 72.6 Å². The molecule has 1 aliphatic heterocycles. The number of sulfonamides is 1. The van der Waals surface area contributed by atoms with E-state index in [4.69, 9.17) is 10.5 Å². The normalized spacial score (nSPS) is 21.5. The number of benzene rings is 1. The smallest absolute Gasteiger partial charge is 0.243 e. The predicted octanol–water partition coefficient (Wildman–Crippen LogP) is 1.38. The van der Waals surface area contributed by atoms with Crippen molar-refractivity contribution in [2.24, 2.45) is 0 Å². The van der Waals surface area contributed by atoms with Crippen LogP contribution < -0.4 is 5.73 Å². The highest BCUT2D eigenvalue weighted by atomic mass is 32.2. The van der Waals surface area contributed by atoms with Gasteiger partial charge in [-0.3, -0.25) is 0 Å². The average molecular weight is 284 g/mol. The van der Waals surface area contributed by atoms with Crippen LogP contribution in [0, 0.1) is 6.92 Å². The number of nitrogens with two attached hydrogens (primary N) is 1. The fourth-order valence-corrected chi connectivity index (χ4v) is 3.83. The van der Waals surface area contributed by atoms with Gasteiger partial charge in [-0.1, -0.05) is 6.92 Å². The van der Waals surface area contributed by atoms with Gasteiger partial charge in [0.25, 0.3) is 0 Å². The molecule has 6 heteroatoms. The maximum absolute atomic E-state index is 12.6. The Morgan fingerprint density at radius 1 is 1.42 bits per heavy atom. The molecular weight excluding hydrogens is 264 g/mol. The summed E-state index contributed by atoms with van der Waals surface area (Å²) in [6.07, 6.45) is 0.785. The molecule has 106 valence electrons. The van der Waals surface area contributed by atoms with Crippen LogP contribution in [-0.2, 0) is 14.8 Å². The SMILES string of the molecule is CCC1CN(S(=O)(=O)c2cc(C)cc(N)c2)CCO1. The number of anilines is 1. The fraction of sp³-hybridized carbons (Fsp3) is 0.538. The third-order valence-electron chi connectivity index (χ3n) is 3.27. The zero-order valence-electron chi connectivity index (χ0n) is 11.3. The zero-order chi connectivity index (χ0) is 14.0. The number of rotatable bonds is 3. The van der Waals surface area contributed by atoms with E-state index in [1.165, 1.54) is 10.4 Å². The van der Waals surface area contributed by atoms with E-state index in [1.807, 2.05) is 13.8 Å². The molecule has 1 aromatic rings. The Labute approximate surface area is 114 Å². The Balaban J connectivity index is 2.31. The van der Waals surface area contributed by atoms with Gasteiger partial charge in [-0.25, -0.2) is 8.42 Å². The van der Waals surface area contributed by atoms with Crippen molar-refractivity contribution in [1.29, 1.82) is 0 Å². The lowest BCUT2D eigenvalue weighted by atomic mass is 10.2. The largest absolute Gasteiger partial charge is 0.399 e. The van der Waals surface area contributed by atoms with Crippen molar-refractivity contribution in [3.8, 4) is 0 Å². The molecule has 1 unspecified atom stereocenters. The van der Waals surface area contributed by atoms with Crippen LogP contribution in [0.3, 0.4) is 0 Å². The number of morpholine rings is 1. The molecule has 19 heavy (non-hydrogen) atoms. The van der Waals surface area contributed by atoms with Crippen LogP contribution in [0.1, 0.15) is 18.9 Å². The molecule has 1 aliphatic rings. The molecule has 0 bridgehead atoms. The number of nitrogens with zero attached hydrogens (tertiary/aromatic N) is 1. The quantitative estimate of drug-likeness (QED) is 0.851. The summed E-state index contributed by atoms with van der Waals surface area (Å²) in [6.45, 7) is 5.08. The van der Waals surface area contributed by atoms with E-state index in [0.717, 1.165) is 12.0 Å². The highest BCUT2D eigenvalue weighted by Gasteiger charge is 2.30. The Kier molecular flexibility index (Phi) is 4.13. The standard InChI is InChI=1S/C13H20N2O3S/c1-3-12-9-15(4-5-18-12)19(16,17)13-7-10(2)6-11(14)8-13/h6-8,12H,3-5,9,14H2,1-2H3. The molecule has 1 fully saturated rings. The first-order chi connectivity index (χ1) is 8.93. The average Bonchev–Trinajstić information content (AvgIpc) is 2.37. The summed E-state index contributed by atoms with van der Waals surface area (Å²) in [4.78, 5) is 0.266. The highest BCUT2D eigenvalue weighted by Crippen LogP contribution is 2.22. The Morgan fingerprint density at radius 3 is 2.79 bits per heavy atom. The second-order valence-electron chi connectivity index (χ2n) is 4.84. The molecule has 2 N–H and O–H groups in total. The zero-order valence-corrected chi connectivity index (χ0v) is 12.1.